The predicted octanol–water partition coefficient (Wildman–Crippen LogP) is 11.1. The van der Waals surface area contributed by atoms with Crippen LogP contribution in [0.5, 0.6) is 5.75 Å². The Hall–Kier alpha value is -2.49. The van der Waals surface area contributed by atoms with Crippen molar-refractivity contribution < 1.29 is 17.6 Å². The maximum atomic E-state index is 14.6. The number of nitrogens with one attached hydrogen (secondary N) is 1. The minimum Gasteiger partial charge on any atom is -0.544 e. The predicted molar refractivity (Wildman–Crippen MR) is 181 cm³/mol. The Morgan fingerprint density at radius 1 is 0.791 bits per heavy atom. The van der Waals surface area contributed by atoms with Gasteiger partial charge < -0.3 is 14.2 Å². The summed E-state index contributed by atoms with van der Waals surface area (Å²) in [6.45, 7) is 23.3. The van der Waals surface area contributed by atoms with Crippen molar-refractivity contribution in [3.63, 3.8) is 0 Å². The first-order chi connectivity index (χ1) is 19.9. The van der Waals surface area contributed by atoms with Crippen LogP contribution < -0.4 is 9.74 Å². The quantitative estimate of drug-likeness (QED) is 0.241. The lowest BCUT2D eigenvalue weighted by Gasteiger charge is -2.40. The maximum absolute atomic E-state index is 14.6. The Balaban J connectivity index is 1.64. The maximum Gasteiger partial charge on any atom is 0.250 e. The topological polar surface area (TPSA) is 30.5 Å². The number of rotatable bonds is 9. The van der Waals surface area contributed by atoms with Crippen LogP contribution in [0.2, 0.25) is 36.3 Å². The van der Waals surface area contributed by atoms with Crippen LogP contribution in [-0.4, -0.2) is 23.2 Å². The molecule has 0 spiro atoms. The third-order valence-corrected chi connectivity index (χ3v) is 18.9. The summed E-state index contributed by atoms with van der Waals surface area (Å²) < 4.78 is 42.0. The lowest BCUT2D eigenvalue weighted by Crippen LogP contribution is -2.43. The fourth-order valence-corrected chi connectivity index (χ4v) is 7.70. The molecule has 43 heavy (non-hydrogen) atoms. The normalized spacial score (nSPS) is 18.5. The van der Waals surface area contributed by atoms with Gasteiger partial charge in [0.15, 0.2) is 8.32 Å². The average Bonchev–Trinajstić information content (AvgIpc) is 2.90. The third kappa shape index (κ3) is 7.79. The monoisotopic (exact) mass is 623 g/mol. The van der Waals surface area contributed by atoms with Gasteiger partial charge in [0.1, 0.15) is 17.4 Å². The first-order valence-electron chi connectivity index (χ1n) is 15.6. The molecule has 1 heterocycles. The zero-order valence-corrected chi connectivity index (χ0v) is 29.8. The van der Waals surface area contributed by atoms with E-state index in [1.54, 1.807) is 6.07 Å². The summed E-state index contributed by atoms with van der Waals surface area (Å²) >= 11 is 0. The molecule has 0 radical (unpaired) electrons. The Morgan fingerprint density at radius 3 is 1.95 bits per heavy atom. The van der Waals surface area contributed by atoms with E-state index in [1.807, 2.05) is 18.2 Å². The molecule has 0 amide bonds. The molecule has 3 aromatic carbocycles. The van der Waals surface area contributed by atoms with Gasteiger partial charge in [-0.3, -0.25) is 0 Å². The molecule has 0 aromatic heterocycles. The molecule has 3 aromatic rings. The number of fused-ring (bicyclic) bond motifs is 1. The van der Waals surface area contributed by atoms with Crippen LogP contribution in [-0.2, 0) is 4.43 Å². The second-order valence-corrected chi connectivity index (χ2v) is 24.8. The molecule has 0 bridgehead atoms. The molecule has 0 unspecified atom stereocenters. The SMILES string of the molecule is CC(C)(C)[Si](C)(C)Oc1ccc([C@H]2c3cc(F)ccc3NC[C@@H]2CC[C@H](O[Si](C)(C)C(C)(C)C)c2ccc(F)cc2)cc1. The van der Waals surface area contributed by atoms with Gasteiger partial charge in [-0.25, -0.2) is 8.78 Å². The van der Waals surface area contributed by atoms with Gasteiger partial charge in [-0.15, -0.1) is 0 Å². The van der Waals surface area contributed by atoms with Crippen molar-refractivity contribution in [2.24, 2.45) is 5.92 Å². The van der Waals surface area contributed by atoms with E-state index in [9.17, 15) is 8.78 Å². The fourth-order valence-electron chi connectivity index (χ4n) is 5.35. The number of hydrogen-bond acceptors (Lipinski definition) is 3. The summed E-state index contributed by atoms with van der Waals surface area (Å²) in [5.41, 5.74) is 4.13. The van der Waals surface area contributed by atoms with Gasteiger partial charge in [-0.1, -0.05) is 65.8 Å². The summed E-state index contributed by atoms with van der Waals surface area (Å²) in [6, 6.07) is 20.3. The summed E-state index contributed by atoms with van der Waals surface area (Å²) in [5, 5.41) is 3.73. The van der Waals surface area contributed by atoms with E-state index in [1.165, 1.54) is 18.2 Å². The van der Waals surface area contributed by atoms with E-state index in [0.717, 1.165) is 47.5 Å². The molecule has 3 atom stereocenters. The van der Waals surface area contributed by atoms with Crippen molar-refractivity contribution in [1.29, 1.82) is 0 Å². The lowest BCUT2D eigenvalue weighted by molar-refractivity contribution is 0.162. The number of anilines is 1. The molecule has 234 valence electrons. The van der Waals surface area contributed by atoms with Crippen LogP contribution in [0.4, 0.5) is 14.5 Å². The zero-order valence-electron chi connectivity index (χ0n) is 27.8. The molecule has 0 saturated carbocycles. The second-order valence-electron chi connectivity index (χ2n) is 15.3. The van der Waals surface area contributed by atoms with Crippen molar-refractivity contribution in [2.45, 2.75) is 103 Å². The summed E-state index contributed by atoms with van der Waals surface area (Å²) in [5.74, 6) is 0.656. The molecule has 0 saturated heterocycles. The average molecular weight is 624 g/mol. The van der Waals surface area contributed by atoms with Gasteiger partial charge in [0.05, 0.1) is 6.10 Å². The van der Waals surface area contributed by atoms with Gasteiger partial charge in [0.2, 0.25) is 8.32 Å². The molecule has 0 fully saturated rings. The van der Waals surface area contributed by atoms with Crippen molar-refractivity contribution >= 4 is 22.3 Å². The Labute approximate surface area is 260 Å². The molecule has 4 rings (SSSR count). The molecular formula is C36H51F2NO2Si2. The number of halogens is 2. The number of benzene rings is 3. The van der Waals surface area contributed by atoms with Crippen LogP contribution in [0, 0.1) is 17.6 Å². The highest BCUT2D eigenvalue weighted by Gasteiger charge is 2.41. The molecule has 0 aliphatic carbocycles. The van der Waals surface area contributed by atoms with Gasteiger partial charge >= 0.3 is 0 Å². The molecular weight excluding hydrogens is 573 g/mol. The fraction of sp³-hybridized carbons (Fsp3) is 0.500. The van der Waals surface area contributed by atoms with Gasteiger partial charge in [-0.05, 0) is 114 Å². The van der Waals surface area contributed by atoms with Crippen LogP contribution in [0.25, 0.3) is 0 Å². The lowest BCUT2D eigenvalue weighted by atomic mass is 9.75. The van der Waals surface area contributed by atoms with Crippen LogP contribution in [0.3, 0.4) is 0 Å². The highest BCUT2D eigenvalue weighted by molar-refractivity contribution is 6.75. The van der Waals surface area contributed by atoms with Crippen molar-refractivity contribution in [1.82, 2.24) is 0 Å². The Kier molecular flexibility index (Phi) is 9.70. The van der Waals surface area contributed by atoms with Gasteiger partial charge in [-0.2, -0.15) is 0 Å². The highest BCUT2D eigenvalue weighted by Crippen LogP contribution is 2.46. The highest BCUT2D eigenvalue weighted by atomic mass is 28.4. The van der Waals surface area contributed by atoms with E-state index >= 15 is 0 Å². The molecule has 1 N–H and O–H groups in total. The summed E-state index contributed by atoms with van der Waals surface area (Å²) in [7, 11) is -4.08. The number of hydrogen-bond donors (Lipinski definition) is 1. The van der Waals surface area contributed by atoms with E-state index in [-0.39, 0.29) is 39.7 Å². The van der Waals surface area contributed by atoms with Crippen molar-refractivity contribution in [3.8, 4) is 5.75 Å². The largest absolute Gasteiger partial charge is 0.544 e. The first-order valence-corrected chi connectivity index (χ1v) is 21.5. The summed E-state index contributed by atoms with van der Waals surface area (Å²) in [6.07, 6.45) is 1.52. The standard InChI is InChI=1S/C36H51F2NO2Si2/c1-35(2,3)42(7,8)40-30-19-13-26(14-20-30)34-27(24-39-32-21-18-29(38)23-31(32)34)15-22-33(25-11-16-28(37)17-12-25)41-43(9,10)36(4,5)6/h11-14,16-21,23,27,33-34,39H,15,22,24H2,1-10H3/t27-,33-,34+/m0/s1. The van der Waals surface area contributed by atoms with Crippen molar-refractivity contribution in [3.05, 3.63) is 95.1 Å². The van der Waals surface area contributed by atoms with Crippen LogP contribution in [0.15, 0.2) is 66.7 Å². The van der Waals surface area contributed by atoms with Gasteiger partial charge in [0.25, 0.3) is 0 Å². The molecule has 1 aliphatic rings. The zero-order chi connectivity index (χ0) is 31.8. The Morgan fingerprint density at radius 2 is 1.37 bits per heavy atom. The first kappa shape index (κ1) is 33.4. The smallest absolute Gasteiger partial charge is 0.250 e. The van der Waals surface area contributed by atoms with Crippen LogP contribution >= 0.6 is 0 Å². The minimum atomic E-state index is -2.11. The van der Waals surface area contributed by atoms with E-state index < -0.39 is 16.6 Å². The molecule has 7 heteroatoms. The van der Waals surface area contributed by atoms with Gasteiger partial charge in [0, 0.05) is 18.2 Å². The summed E-state index contributed by atoms with van der Waals surface area (Å²) in [4.78, 5) is 0. The van der Waals surface area contributed by atoms with Crippen LogP contribution in [0.1, 0.15) is 83.1 Å². The molecule has 3 nitrogen and oxygen atoms in total. The second kappa shape index (κ2) is 12.5. The molecule has 1 aliphatic heterocycles. The Bertz CT molecular complexity index is 1380. The van der Waals surface area contributed by atoms with E-state index in [2.05, 4.69) is 97.3 Å². The van der Waals surface area contributed by atoms with E-state index in [0.29, 0.717) is 0 Å². The third-order valence-electron chi connectivity index (χ3n) is 10.1. The minimum absolute atomic E-state index is 0.0237. The van der Waals surface area contributed by atoms with E-state index in [4.69, 9.17) is 8.85 Å². The van der Waals surface area contributed by atoms with Crippen molar-refractivity contribution in [2.75, 3.05) is 11.9 Å².